The zero-order valence-corrected chi connectivity index (χ0v) is 8.47. The van der Waals surface area contributed by atoms with Crippen LogP contribution in [0.3, 0.4) is 0 Å². The summed E-state index contributed by atoms with van der Waals surface area (Å²) in [6, 6.07) is 0. The molecule has 0 aliphatic carbocycles. The van der Waals surface area contributed by atoms with Crippen molar-refractivity contribution in [2.45, 2.75) is 13.3 Å². The lowest BCUT2D eigenvalue weighted by atomic mass is 10.2. The number of carbonyl (C=O) groups is 1. The lowest BCUT2D eigenvalue weighted by Crippen LogP contribution is -2.05. The third-order valence-electron chi connectivity index (χ3n) is 1.89. The van der Waals surface area contributed by atoms with Gasteiger partial charge in [-0.15, -0.1) is 0 Å². The SMILES string of the molecule is Cc1nc(C(=O)Cc2cnn(C)n2)co1. The number of aromatic nitrogens is 4. The molecule has 0 aromatic carbocycles. The summed E-state index contributed by atoms with van der Waals surface area (Å²) < 4.78 is 4.96. The number of Topliss-reactive ketones (excluding diaryl/α,β-unsaturated/α-hetero) is 1. The van der Waals surface area contributed by atoms with E-state index in [1.807, 2.05) is 0 Å². The summed E-state index contributed by atoms with van der Waals surface area (Å²) in [6.45, 7) is 1.69. The molecule has 0 N–H and O–H groups in total. The second-order valence-corrected chi connectivity index (χ2v) is 3.18. The Hall–Kier alpha value is -1.98. The van der Waals surface area contributed by atoms with Gasteiger partial charge in [0.05, 0.1) is 18.3 Å². The summed E-state index contributed by atoms with van der Waals surface area (Å²) in [5, 5.41) is 7.89. The van der Waals surface area contributed by atoms with Crippen molar-refractivity contribution in [3.8, 4) is 0 Å². The third-order valence-corrected chi connectivity index (χ3v) is 1.89. The number of oxazole rings is 1. The highest BCUT2D eigenvalue weighted by molar-refractivity contribution is 5.95. The molecule has 0 aliphatic heterocycles. The van der Waals surface area contributed by atoms with Gasteiger partial charge in [-0.2, -0.15) is 15.0 Å². The molecule has 15 heavy (non-hydrogen) atoms. The molecule has 0 atom stereocenters. The first kappa shape index (κ1) is 9.57. The number of aryl methyl sites for hydroxylation is 2. The Balaban J connectivity index is 2.10. The standard InChI is InChI=1S/C9H10N4O2/c1-6-11-8(5-15-6)9(14)3-7-4-10-13(2)12-7/h4-5H,3H2,1-2H3. The van der Waals surface area contributed by atoms with Crippen LogP contribution in [0.15, 0.2) is 16.9 Å². The largest absolute Gasteiger partial charge is 0.449 e. The van der Waals surface area contributed by atoms with Crippen LogP contribution >= 0.6 is 0 Å². The molecular formula is C9H10N4O2. The summed E-state index contributed by atoms with van der Waals surface area (Å²) in [4.78, 5) is 17.0. The predicted octanol–water partition coefficient (Wildman–Crippen LogP) is 0.537. The van der Waals surface area contributed by atoms with Crippen LogP contribution in [0.4, 0.5) is 0 Å². The first-order valence-corrected chi connectivity index (χ1v) is 4.45. The van der Waals surface area contributed by atoms with E-state index in [-0.39, 0.29) is 12.2 Å². The summed E-state index contributed by atoms with van der Waals surface area (Å²) in [5.74, 6) is 0.366. The van der Waals surface area contributed by atoms with E-state index in [0.29, 0.717) is 17.3 Å². The van der Waals surface area contributed by atoms with E-state index in [1.54, 1.807) is 20.2 Å². The summed E-state index contributed by atoms with van der Waals surface area (Å²) in [7, 11) is 1.70. The van der Waals surface area contributed by atoms with Gasteiger partial charge in [-0.25, -0.2) is 4.98 Å². The Morgan fingerprint density at radius 2 is 2.40 bits per heavy atom. The van der Waals surface area contributed by atoms with Crippen molar-refractivity contribution in [2.75, 3.05) is 0 Å². The van der Waals surface area contributed by atoms with Gasteiger partial charge >= 0.3 is 0 Å². The highest BCUT2D eigenvalue weighted by Crippen LogP contribution is 2.05. The molecule has 0 saturated heterocycles. The first-order valence-electron chi connectivity index (χ1n) is 4.45. The molecule has 0 spiro atoms. The van der Waals surface area contributed by atoms with E-state index < -0.39 is 0 Å². The lowest BCUT2D eigenvalue weighted by molar-refractivity contribution is 0.0987. The van der Waals surface area contributed by atoms with Gasteiger partial charge in [-0.1, -0.05) is 0 Å². The molecule has 0 saturated carbocycles. The molecular weight excluding hydrogens is 196 g/mol. The minimum Gasteiger partial charge on any atom is -0.449 e. The Morgan fingerprint density at radius 3 is 2.93 bits per heavy atom. The van der Waals surface area contributed by atoms with Gasteiger partial charge in [0.25, 0.3) is 0 Å². The van der Waals surface area contributed by atoms with Gasteiger partial charge < -0.3 is 4.42 Å². The van der Waals surface area contributed by atoms with E-state index in [1.165, 1.54) is 11.1 Å². The number of nitrogens with zero attached hydrogens (tertiary/aromatic N) is 4. The number of rotatable bonds is 3. The highest BCUT2D eigenvalue weighted by Gasteiger charge is 2.13. The van der Waals surface area contributed by atoms with Crippen molar-refractivity contribution in [2.24, 2.45) is 7.05 Å². The average molecular weight is 206 g/mol. The fourth-order valence-corrected chi connectivity index (χ4v) is 1.22. The van der Waals surface area contributed by atoms with E-state index in [4.69, 9.17) is 4.42 Å². The second-order valence-electron chi connectivity index (χ2n) is 3.18. The minimum atomic E-state index is -0.118. The normalized spacial score (nSPS) is 10.5. The topological polar surface area (TPSA) is 73.8 Å². The van der Waals surface area contributed by atoms with E-state index in [2.05, 4.69) is 15.2 Å². The molecule has 78 valence electrons. The van der Waals surface area contributed by atoms with Gasteiger partial charge in [-0.05, 0) is 0 Å². The number of hydrogen-bond donors (Lipinski definition) is 0. The Kier molecular flexibility index (Phi) is 2.32. The molecule has 6 heteroatoms. The molecule has 0 aliphatic rings. The van der Waals surface area contributed by atoms with Crippen molar-refractivity contribution in [3.05, 3.63) is 29.7 Å². The van der Waals surface area contributed by atoms with Gasteiger partial charge in [-0.3, -0.25) is 4.79 Å². The van der Waals surface area contributed by atoms with Crippen LogP contribution in [0.5, 0.6) is 0 Å². The second kappa shape index (κ2) is 3.64. The quantitative estimate of drug-likeness (QED) is 0.685. The lowest BCUT2D eigenvalue weighted by Gasteiger charge is -1.90. The van der Waals surface area contributed by atoms with Crippen molar-refractivity contribution >= 4 is 5.78 Å². The van der Waals surface area contributed by atoms with Crippen LogP contribution in [-0.4, -0.2) is 25.8 Å². The van der Waals surface area contributed by atoms with E-state index in [9.17, 15) is 4.79 Å². The molecule has 2 heterocycles. The van der Waals surface area contributed by atoms with Crippen molar-refractivity contribution in [1.29, 1.82) is 0 Å². The van der Waals surface area contributed by atoms with Crippen LogP contribution in [0.1, 0.15) is 22.1 Å². The molecule has 0 amide bonds. The van der Waals surface area contributed by atoms with Crippen LogP contribution in [0, 0.1) is 6.92 Å². The Bertz CT molecular complexity index is 486. The maximum atomic E-state index is 11.6. The number of ketones is 1. The molecule has 2 aromatic heterocycles. The average Bonchev–Trinajstić information content (AvgIpc) is 2.75. The Labute approximate surface area is 85.9 Å². The molecule has 0 radical (unpaired) electrons. The molecule has 2 aromatic rings. The summed E-state index contributed by atoms with van der Waals surface area (Å²) in [5.41, 5.74) is 0.960. The van der Waals surface area contributed by atoms with Gasteiger partial charge in [0, 0.05) is 14.0 Å². The predicted molar refractivity (Wildman–Crippen MR) is 50.3 cm³/mol. The first-order chi connectivity index (χ1) is 7.15. The van der Waals surface area contributed by atoms with Crippen molar-refractivity contribution < 1.29 is 9.21 Å². The molecule has 0 unspecified atom stereocenters. The van der Waals surface area contributed by atoms with E-state index in [0.717, 1.165) is 0 Å². The Morgan fingerprint density at radius 1 is 1.60 bits per heavy atom. The van der Waals surface area contributed by atoms with Gasteiger partial charge in [0.2, 0.25) is 0 Å². The van der Waals surface area contributed by atoms with Crippen LogP contribution in [0.2, 0.25) is 0 Å². The number of carbonyl (C=O) groups excluding carboxylic acids is 1. The zero-order valence-electron chi connectivity index (χ0n) is 8.47. The maximum absolute atomic E-state index is 11.6. The van der Waals surface area contributed by atoms with Crippen molar-refractivity contribution in [3.63, 3.8) is 0 Å². The molecule has 6 nitrogen and oxygen atoms in total. The van der Waals surface area contributed by atoms with Crippen LogP contribution < -0.4 is 0 Å². The minimum absolute atomic E-state index is 0.118. The number of hydrogen-bond acceptors (Lipinski definition) is 5. The van der Waals surface area contributed by atoms with Gasteiger partial charge in [0.1, 0.15) is 12.0 Å². The highest BCUT2D eigenvalue weighted by atomic mass is 16.3. The van der Waals surface area contributed by atoms with E-state index >= 15 is 0 Å². The zero-order chi connectivity index (χ0) is 10.8. The molecule has 2 rings (SSSR count). The van der Waals surface area contributed by atoms with Crippen molar-refractivity contribution in [1.82, 2.24) is 20.0 Å². The third kappa shape index (κ3) is 2.09. The maximum Gasteiger partial charge on any atom is 0.191 e. The van der Waals surface area contributed by atoms with Gasteiger partial charge in [0.15, 0.2) is 11.7 Å². The van der Waals surface area contributed by atoms with Crippen LogP contribution in [0.25, 0.3) is 0 Å². The summed E-state index contributed by atoms with van der Waals surface area (Å²) in [6.07, 6.45) is 3.11. The fraction of sp³-hybridized carbons (Fsp3) is 0.333. The smallest absolute Gasteiger partial charge is 0.191 e. The summed E-state index contributed by atoms with van der Waals surface area (Å²) >= 11 is 0. The fourth-order valence-electron chi connectivity index (χ4n) is 1.22. The monoisotopic (exact) mass is 206 g/mol. The molecule has 0 fully saturated rings. The molecule has 0 bridgehead atoms. The van der Waals surface area contributed by atoms with Crippen LogP contribution in [-0.2, 0) is 13.5 Å².